The summed E-state index contributed by atoms with van der Waals surface area (Å²) < 4.78 is 53.4. The third-order valence-corrected chi connectivity index (χ3v) is 5.20. The summed E-state index contributed by atoms with van der Waals surface area (Å²) in [6.45, 7) is 0.286. The van der Waals surface area contributed by atoms with Crippen molar-refractivity contribution in [2.24, 2.45) is 0 Å². The Kier molecular flexibility index (Phi) is 5.25. The molecule has 26 heavy (non-hydrogen) atoms. The number of fused-ring (bicyclic) bond motifs is 1. The molecule has 3 rings (SSSR count). The number of anilines is 2. The number of benzene rings is 2. The van der Waals surface area contributed by atoms with Gasteiger partial charge < -0.3 is 15.7 Å². The maximum absolute atomic E-state index is 13.2. The van der Waals surface area contributed by atoms with Crippen molar-refractivity contribution >= 4 is 28.3 Å². The number of β-amino-alcohol motifs (C(OH)–C–C–N with tert-alkyl or cyclic N) is 1. The summed E-state index contributed by atoms with van der Waals surface area (Å²) in [5.41, 5.74) is 0.438. The average molecular weight is 385 g/mol. The van der Waals surface area contributed by atoms with Gasteiger partial charge >= 0.3 is 0 Å². The molecule has 0 spiro atoms. The Balaban J connectivity index is 1.84. The van der Waals surface area contributed by atoms with Crippen LogP contribution in [-0.4, -0.2) is 39.3 Å². The van der Waals surface area contributed by atoms with Gasteiger partial charge in [0.1, 0.15) is 11.0 Å². The largest absolute Gasteiger partial charge is 0.395 e. The Morgan fingerprint density at radius 2 is 1.92 bits per heavy atom. The summed E-state index contributed by atoms with van der Waals surface area (Å²) in [6.07, 6.45) is 0. The molecule has 6 nitrogen and oxygen atoms in total. The number of nitrogens with zero attached hydrogens (tertiary/aromatic N) is 1. The number of amides is 1. The Hall–Kier alpha value is -2.43. The summed E-state index contributed by atoms with van der Waals surface area (Å²) in [5.74, 6) is -5.16. The van der Waals surface area contributed by atoms with Crippen molar-refractivity contribution in [3.05, 3.63) is 53.3 Å². The van der Waals surface area contributed by atoms with Crippen LogP contribution in [0.3, 0.4) is 0 Å². The van der Waals surface area contributed by atoms with E-state index in [9.17, 15) is 22.2 Å². The maximum Gasteiger partial charge on any atom is 0.255 e. The van der Waals surface area contributed by atoms with Gasteiger partial charge in [-0.05, 0) is 18.2 Å². The summed E-state index contributed by atoms with van der Waals surface area (Å²) in [4.78, 5) is 12.6. The smallest absolute Gasteiger partial charge is 0.255 e. The normalized spacial score (nSPS) is 16.7. The third kappa shape index (κ3) is 3.57. The van der Waals surface area contributed by atoms with Crippen LogP contribution in [0.2, 0.25) is 0 Å². The highest BCUT2D eigenvalue weighted by atomic mass is 32.2. The van der Waals surface area contributed by atoms with E-state index in [1.54, 1.807) is 6.07 Å². The van der Waals surface area contributed by atoms with Crippen LogP contribution in [0.5, 0.6) is 0 Å². The van der Waals surface area contributed by atoms with Crippen molar-refractivity contribution in [2.75, 3.05) is 30.5 Å². The number of nitrogens with one attached hydrogen (secondary N) is 2. The zero-order valence-electron chi connectivity index (χ0n) is 13.3. The number of hydrogen-bond donors (Lipinski definition) is 3. The molecule has 138 valence electrons. The first kappa shape index (κ1) is 18.4. The second kappa shape index (κ2) is 7.44. The molecule has 2 aromatic rings. The van der Waals surface area contributed by atoms with E-state index in [-0.39, 0.29) is 31.1 Å². The molecule has 0 aromatic heterocycles. The quantitative estimate of drug-likeness (QED) is 0.704. The van der Waals surface area contributed by atoms with Crippen molar-refractivity contribution in [3.63, 3.8) is 0 Å². The highest BCUT2D eigenvalue weighted by Crippen LogP contribution is 2.27. The minimum absolute atomic E-state index is 0.106. The summed E-state index contributed by atoms with van der Waals surface area (Å²) in [5, 5.41) is 14.3. The van der Waals surface area contributed by atoms with Gasteiger partial charge in [-0.3, -0.25) is 4.79 Å². The molecule has 0 bridgehead atoms. The molecule has 1 unspecified atom stereocenters. The lowest BCUT2D eigenvalue weighted by molar-refractivity contribution is 0.102. The predicted molar refractivity (Wildman–Crippen MR) is 89.4 cm³/mol. The summed E-state index contributed by atoms with van der Waals surface area (Å²) >= 11 is 0. The van der Waals surface area contributed by atoms with Gasteiger partial charge in [-0.1, -0.05) is 0 Å². The molecule has 1 heterocycles. The van der Waals surface area contributed by atoms with Gasteiger partial charge in [-0.15, -0.1) is 0 Å². The van der Waals surface area contributed by atoms with E-state index in [1.165, 1.54) is 16.4 Å². The van der Waals surface area contributed by atoms with E-state index in [0.717, 1.165) is 0 Å². The molecule has 1 aliphatic heterocycles. The minimum atomic E-state index is -1.62. The SMILES string of the molecule is O=C(Nc1cc(F)c(F)c(F)c1)c1ccc2c(c1)S(=O)N(CCO)CN2. The van der Waals surface area contributed by atoms with E-state index in [4.69, 9.17) is 5.11 Å². The zero-order chi connectivity index (χ0) is 18.8. The number of hydrogen-bond acceptors (Lipinski definition) is 4. The lowest BCUT2D eigenvalue weighted by Gasteiger charge is -2.28. The first-order valence-corrected chi connectivity index (χ1v) is 8.63. The molecular formula is C16H14F3N3O3S. The zero-order valence-corrected chi connectivity index (χ0v) is 14.1. The van der Waals surface area contributed by atoms with Gasteiger partial charge in [0.2, 0.25) is 0 Å². The van der Waals surface area contributed by atoms with E-state index in [1.807, 2.05) is 0 Å². The Bertz CT molecular complexity index is 871. The number of carbonyl (C=O) groups excluding carboxylic acids is 1. The lowest BCUT2D eigenvalue weighted by Crippen LogP contribution is -2.37. The van der Waals surface area contributed by atoms with Crippen LogP contribution < -0.4 is 10.6 Å². The molecule has 0 radical (unpaired) electrons. The molecule has 0 saturated heterocycles. The monoisotopic (exact) mass is 385 g/mol. The van der Waals surface area contributed by atoms with Crippen LogP contribution in [0, 0.1) is 17.5 Å². The van der Waals surface area contributed by atoms with Crippen molar-refractivity contribution < 1.29 is 27.3 Å². The molecule has 0 fully saturated rings. The molecule has 1 amide bonds. The second-order valence-corrected chi connectivity index (χ2v) is 6.89. The topological polar surface area (TPSA) is 81.7 Å². The molecular weight excluding hydrogens is 371 g/mol. The van der Waals surface area contributed by atoms with Gasteiger partial charge in [0, 0.05) is 29.9 Å². The first-order chi connectivity index (χ1) is 12.4. The van der Waals surface area contributed by atoms with E-state index in [0.29, 0.717) is 22.7 Å². The molecule has 10 heteroatoms. The van der Waals surface area contributed by atoms with Crippen LogP contribution in [0.25, 0.3) is 0 Å². The molecule has 3 N–H and O–H groups in total. The fourth-order valence-electron chi connectivity index (χ4n) is 2.43. The van der Waals surface area contributed by atoms with Gasteiger partial charge in [0.25, 0.3) is 5.91 Å². The Morgan fingerprint density at radius 1 is 1.23 bits per heavy atom. The van der Waals surface area contributed by atoms with Crippen molar-refractivity contribution in [3.8, 4) is 0 Å². The van der Waals surface area contributed by atoms with Crippen molar-refractivity contribution in [1.82, 2.24) is 4.31 Å². The lowest BCUT2D eigenvalue weighted by atomic mass is 10.2. The molecule has 0 aliphatic carbocycles. The maximum atomic E-state index is 13.2. The van der Waals surface area contributed by atoms with Crippen LogP contribution >= 0.6 is 0 Å². The molecule has 0 saturated carbocycles. The Labute approximate surface area is 149 Å². The van der Waals surface area contributed by atoms with E-state index < -0.39 is 34.3 Å². The fourth-order valence-corrected chi connectivity index (χ4v) is 3.69. The molecule has 1 atom stereocenters. The van der Waals surface area contributed by atoms with E-state index >= 15 is 0 Å². The first-order valence-electron chi connectivity index (χ1n) is 7.52. The number of aliphatic hydroxyl groups excluding tert-OH is 1. The highest BCUT2D eigenvalue weighted by Gasteiger charge is 2.24. The minimum Gasteiger partial charge on any atom is -0.395 e. The van der Waals surface area contributed by atoms with Crippen molar-refractivity contribution in [2.45, 2.75) is 4.90 Å². The van der Waals surface area contributed by atoms with Gasteiger partial charge in [-0.2, -0.15) is 4.31 Å². The standard InChI is InChI=1S/C16H14F3N3O3S/c17-11-6-10(7-12(18)15(11)19)21-16(24)9-1-2-13-14(5-9)26(25)22(3-4-23)8-20-13/h1-2,5-7,20,23H,3-4,8H2,(H,21,24). The van der Waals surface area contributed by atoms with E-state index in [2.05, 4.69) is 10.6 Å². The number of aliphatic hydroxyl groups is 1. The predicted octanol–water partition coefficient (Wildman–Crippen LogP) is 2.06. The van der Waals surface area contributed by atoms with Crippen LogP contribution in [0.4, 0.5) is 24.5 Å². The second-order valence-electron chi connectivity index (χ2n) is 5.43. The van der Waals surface area contributed by atoms with Gasteiger partial charge in [0.05, 0.1) is 23.9 Å². The van der Waals surface area contributed by atoms with Crippen LogP contribution in [0.1, 0.15) is 10.4 Å². The molecule has 1 aliphatic rings. The van der Waals surface area contributed by atoms with Crippen LogP contribution in [-0.2, 0) is 11.0 Å². The highest BCUT2D eigenvalue weighted by molar-refractivity contribution is 7.83. The average Bonchev–Trinajstić information content (AvgIpc) is 2.62. The third-order valence-electron chi connectivity index (χ3n) is 3.70. The fraction of sp³-hybridized carbons (Fsp3) is 0.188. The van der Waals surface area contributed by atoms with Crippen molar-refractivity contribution in [1.29, 1.82) is 0 Å². The number of rotatable bonds is 4. The Morgan fingerprint density at radius 3 is 2.58 bits per heavy atom. The van der Waals surface area contributed by atoms with Gasteiger partial charge in [0.15, 0.2) is 17.5 Å². The summed E-state index contributed by atoms with van der Waals surface area (Å²) in [7, 11) is -1.58. The molecule has 2 aromatic carbocycles. The number of carbonyl (C=O) groups is 1. The van der Waals surface area contributed by atoms with Crippen LogP contribution in [0.15, 0.2) is 35.2 Å². The summed E-state index contributed by atoms with van der Waals surface area (Å²) in [6, 6.07) is 5.73. The number of halogens is 3. The van der Waals surface area contributed by atoms with Gasteiger partial charge in [-0.25, -0.2) is 17.4 Å².